The number of benzene rings is 7. The van der Waals surface area contributed by atoms with E-state index in [1.54, 1.807) is 0 Å². The highest BCUT2D eigenvalue weighted by molar-refractivity contribution is 7.20. The van der Waals surface area contributed by atoms with Gasteiger partial charge in [0.2, 0.25) is 0 Å². The van der Waals surface area contributed by atoms with Crippen molar-refractivity contribution in [2.24, 2.45) is 0 Å². The van der Waals surface area contributed by atoms with E-state index < -0.39 is 32.3 Å². The second kappa shape index (κ2) is 25.5. The Labute approximate surface area is 453 Å². The minimum absolute atomic E-state index is 0.720. The van der Waals surface area contributed by atoms with Crippen LogP contribution >= 0.6 is 11.6 Å². The molecular formula is C69H73ClSi4. The number of allylic oxidation sites excluding steroid dienone is 9. The maximum absolute atomic E-state index is 6.72. The Morgan fingerprint density at radius 2 is 0.378 bits per heavy atom. The van der Waals surface area contributed by atoms with Crippen molar-refractivity contribution in [1.29, 1.82) is 0 Å². The number of halogens is 1. The lowest BCUT2D eigenvalue weighted by atomic mass is 10.1. The van der Waals surface area contributed by atoms with Gasteiger partial charge < -0.3 is 0 Å². The van der Waals surface area contributed by atoms with E-state index in [9.17, 15) is 0 Å². The fourth-order valence-corrected chi connectivity index (χ4v) is 27.8. The third kappa shape index (κ3) is 11.5. The largest absolute Gasteiger partial charge is 0.179 e. The molecule has 0 aliphatic rings. The molecule has 0 aromatic heterocycles. The maximum atomic E-state index is 6.72. The fourth-order valence-electron chi connectivity index (χ4n) is 11.8. The molecule has 0 atom stereocenters. The number of rotatable bonds is 28. The molecule has 372 valence electrons. The minimum atomic E-state index is -3.01. The summed E-state index contributed by atoms with van der Waals surface area (Å²) in [6, 6.07) is 73.6. The fraction of sp³-hybridized carbons (Fsp3) is 0.130. The van der Waals surface area contributed by atoms with Gasteiger partial charge in [0.05, 0.1) is 24.2 Å². The lowest BCUT2D eigenvalue weighted by Gasteiger charge is -2.35. The molecule has 0 spiro atoms. The molecule has 0 aliphatic heterocycles. The SMILES string of the molecule is C=CC[Si](CC=C)(CC=C)c1ccc(-c2ccc([Si](c3ccc(Cl)cc3)(c3ccc(-c4ccc([Si](CC=C)(CC=C)CC=C)cc4)cc3)c3ccc(-c4ccc([Si](CC=C)(CC=C)CC=C)cc4)cc3)cc2)cc1. The highest BCUT2D eigenvalue weighted by Crippen LogP contribution is 2.29. The summed E-state index contributed by atoms with van der Waals surface area (Å²) in [6.07, 6.45) is 18.7. The molecule has 7 aromatic rings. The smallest absolute Gasteiger partial charge is 0.103 e. The van der Waals surface area contributed by atoms with Crippen LogP contribution in [0.5, 0.6) is 0 Å². The predicted octanol–water partition coefficient (Wildman–Crippen LogP) is 15.4. The summed E-state index contributed by atoms with van der Waals surface area (Å²) in [5.41, 5.74) is 7.13. The van der Waals surface area contributed by atoms with Crippen LogP contribution in [0.3, 0.4) is 0 Å². The first kappa shape index (κ1) is 55.1. The Hall–Kier alpha value is -6.64. The lowest BCUT2D eigenvalue weighted by Crippen LogP contribution is -2.74. The van der Waals surface area contributed by atoms with Gasteiger partial charge in [-0.25, -0.2) is 0 Å². The van der Waals surface area contributed by atoms with Gasteiger partial charge in [-0.05, 0) is 121 Å². The molecule has 0 heterocycles. The van der Waals surface area contributed by atoms with Crippen molar-refractivity contribution in [2.75, 3.05) is 0 Å². The van der Waals surface area contributed by atoms with Gasteiger partial charge in [0.1, 0.15) is 0 Å². The molecule has 0 bridgehead atoms. The van der Waals surface area contributed by atoms with E-state index in [1.165, 1.54) is 69.7 Å². The zero-order chi connectivity index (χ0) is 52.6. The predicted molar refractivity (Wildman–Crippen MR) is 343 cm³/mol. The van der Waals surface area contributed by atoms with Crippen LogP contribution in [-0.2, 0) is 0 Å². The summed E-state index contributed by atoms with van der Waals surface area (Å²) in [5, 5.41) is 10.1. The Morgan fingerprint density at radius 1 is 0.230 bits per heavy atom. The van der Waals surface area contributed by atoms with Crippen LogP contribution in [0.1, 0.15) is 0 Å². The summed E-state index contributed by atoms with van der Waals surface area (Å²) < 4.78 is 0. The lowest BCUT2D eigenvalue weighted by molar-refractivity contribution is 1.38. The molecule has 74 heavy (non-hydrogen) atoms. The van der Waals surface area contributed by atoms with Gasteiger partial charge in [-0.3, -0.25) is 0 Å². The maximum Gasteiger partial charge on any atom is 0.179 e. The molecule has 5 heteroatoms. The highest BCUT2D eigenvalue weighted by atomic mass is 35.5. The molecule has 0 fully saturated rings. The van der Waals surface area contributed by atoms with E-state index in [4.69, 9.17) is 11.6 Å². The first-order chi connectivity index (χ1) is 36.1. The third-order valence-electron chi connectivity index (χ3n) is 15.5. The molecule has 0 saturated heterocycles. The van der Waals surface area contributed by atoms with E-state index in [2.05, 4.69) is 284 Å². The Morgan fingerprint density at radius 3 is 0.541 bits per heavy atom. The standard InChI is InChI=1S/C69H73ClSi4/c1-10-47-71(48-11-2,49-12-3)63-33-19-56(20-34-63)59-25-39-66(40-26-59)74(69-45-31-62(70)32-46-69,67-41-27-60(28-42-67)57-21-35-64(36-22-57)72(50-13-4,51-14-5)52-15-6)68-43-29-61(30-44-68)58-23-37-65(38-24-58)73(53-16-7,54-17-8)55-18-9/h10-46H,1-9,47-55H2. The molecule has 0 radical (unpaired) electrons. The van der Waals surface area contributed by atoms with Crippen molar-refractivity contribution < 1.29 is 0 Å². The van der Waals surface area contributed by atoms with Crippen LogP contribution in [0.15, 0.2) is 284 Å². The van der Waals surface area contributed by atoms with Gasteiger partial charge in [0, 0.05) is 5.02 Å². The van der Waals surface area contributed by atoms with E-state index in [0.717, 1.165) is 59.4 Å². The van der Waals surface area contributed by atoms with Gasteiger partial charge in [0.15, 0.2) is 8.07 Å². The normalized spacial score (nSPS) is 11.7. The summed E-state index contributed by atoms with van der Waals surface area (Å²) >= 11 is 6.72. The van der Waals surface area contributed by atoms with Crippen LogP contribution in [0.25, 0.3) is 33.4 Å². The zero-order valence-electron chi connectivity index (χ0n) is 43.5. The molecule has 0 aliphatic carbocycles. The molecule has 7 aromatic carbocycles. The van der Waals surface area contributed by atoms with Crippen LogP contribution in [0, 0.1) is 0 Å². The van der Waals surface area contributed by atoms with E-state index in [1.807, 2.05) is 0 Å². The van der Waals surface area contributed by atoms with Gasteiger partial charge >= 0.3 is 0 Å². The van der Waals surface area contributed by atoms with Crippen molar-refractivity contribution in [2.45, 2.75) is 54.4 Å². The van der Waals surface area contributed by atoms with E-state index in [0.29, 0.717) is 0 Å². The van der Waals surface area contributed by atoms with Gasteiger partial charge in [-0.1, -0.05) is 240 Å². The Kier molecular flexibility index (Phi) is 19.0. The van der Waals surface area contributed by atoms with Crippen molar-refractivity contribution in [3.05, 3.63) is 289 Å². The molecule has 0 nitrogen and oxygen atoms in total. The van der Waals surface area contributed by atoms with Crippen molar-refractivity contribution in [3.8, 4) is 33.4 Å². The summed E-state index contributed by atoms with van der Waals surface area (Å²) in [5.74, 6) is 0. The number of hydrogen-bond acceptors (Lipinski definition) is 0. The quantitative estimate of drug-likeness (QED) is 0.0261. The van der Waals surface area contributed by atoms with Crippen LogP contribution in [0.2, 0.25) is 59.4 Å². The summed E-state index contributed by atoms with van der Waals surface area (Å²) in [4.78, 5) is 0. The topological polar surface area (TPSA) is 0 Å². The molecular weight excluding hydrogens is 977 g/mol. The average molecular weight is 1050 g/mol. The van der Waals surface area contributed by atoms with Crippen LogP contribution in [0.4, 0.5) is 0 Å². The average Bonchev–Trinajstić information content (AvgIpc) is 3.43. The van der Waals surface area contributed by atoms with Crippen molar-refractivity contribution in [1.82, 2.24) is 0 Å². The van der Waals surface area contributed by atoms with Crippen molar-refractivity contribution in [3.63, 3.8) is 0 Å². The van der Waals surface area contributed by atoms with Gasteiger partial charge in [0.25, 0.3) is 0 Å². The molecule has 0 N–H and O–H groups in total. The number of hydrogen-bond donors (Lipinski definition) is 0. The Bertz CT molecular complexity index is 2670. The molecule has 0 saturated carbocycles. The van der Waals surface area contributed by atoms with Gasteiger partial charge in [-0.2, -0.15) is 0 Å². The van der Waals surface area contributed by atoms with Crippen LogP contribution in [-0.4, -0.2) is 32.3 Å². The Balaban J connectivity index is 1.36. The second-order valence-electron chi connectivity index (χ2n) is 20.0. The van der Waals surface area contributed by atoms with E-state index >= 15 is 0 Å². The first-order valence-electron chi connectivity index (χ1n) is 26.0. The van der Waals surface area contributed by atoms with E-state index in [-0.39, 0.29) is 0 Å². The monoisotopic (exact) mass is 1050 g/mol. The van der Waals surface area contributed by atoms with Gasteiger partial charge in [-0.15, -0.1) is 59.2 Å². The summed E-state index contributed by atoms with van der Waals surface area (Å²) in [7, 11) is -8.74. The molecule has 7 rings (SSSR count). The summed E-state index contributed by atoms with van der Waals surface area (Å²) in [6.45, 7) is 37.2. The van der Waals surface area contributed by atoms with Crippen molar-refractivity contribution >= 4 is 80.2 Å². The molecule has 0 amide bonds. The second-order valence-corrected chi connectivity index (χ2v) is 37.3. The minimum Gasteiger partial charge on any atom is -0.103 e. The third-order valence-corrected chi connectivity index (χ3v) is 34.9. The van der Waals surface area contributed by atoms with Crippen LogP contribution < -0.4 is 36.3 Å². The zero-order valence-corrected chi connectivity index (χ0v) is 48.2. The molecule has 0 unspecified atom stereocenters. The highest BCUT2D eigenvalue weighted by Gasteiger charge is 2.42. The first-order valence-corrected chi connectivity index (χ1v) is 36.2.